The van der Waals surface area contributed by atoms with Gasteiger partial charge in [-0.25, -0.2) is 0 Å². The Bertz CT molecular complexity index is 474. The summed E-state index contributed by atoms with van der Waals surface area (Å²) < 4.78 is 29.0. The van der Waals surface area contributed by atoms with Crippen molar-refractivity contribution < 1.29 is 12.6 Å². The second-order valence-corrected chi connectivity index (χ2v) is 5.97. The van der Waals surface area contributed by atoms with E-state index >= 15 is 0 Å². The first-order valence-electron chi connectivity index (χ1n) is 6.06. The fourth-order valence-electron chi connectivity index (χ4n) is 1.57. The second-order valence-electron chi connectivity index (χ2n) is 4.39. The van der Waals surface area contributed by atoms with Crippen molar-refractivity contribution in [2.45, 2.75) is 44.1 Å². The number of aryl methyl sites for hydroxylation is 1. The molecule has 4 heteroatoms. The fourth-order valence-corrected chi connectivity index (χ4v) is 2.68. The van der Waals surface area contributed by atoms with Crippen molar-refractivity contribution >= 4 is 10.1 Å². The van der Waals surface area contributed by atoms with Gasteiger partial charge in [0.25, 0.3) is 10.1 Å². The second kappa shape index (κ2) is 6.71. The number of allylic oxidation sites excluding steroid dienone is 1. The Morgan fingerprint density at radius 1 is 1.33 bits per heavy atom. The molecule has 0 unspecified atom stereocenters. The first-order valence-corrected chi connectivity index (χ1v) is 7.47. The molecule has 0 spiro atoms. The van der Waals surface area contributed by atoms with E-state index in [-0.39, 0.29) is 11.0 Å². The normalized spacial score (nSPS) is 13.2. The van der Waals surface area contributed by atoms with Gasteiger partial charge >= 0.3 is 0 Å². The first kappa shape index (κ1) is 14.9. The van der Waals surface area contributed by atoms with Crippen LogP contribution in [0.25, 0.3) is 0 Å². The lowest BCUT2D eigenvalue weighted by Crippen LogP contribution is -2.15. The van der Waals surface area contributed by atoms with Gasteiger partial charge in [-0.1, -0.05) is 23.8 Å². The summed E-state index contributed by atoms with van der Waals surface area (Å²) in [5.41, 5.74) is 1.02. The van der Waals surface area contributed by atoms with Gasteiger partial charge in [0.05, 0.1) is 11.0 Å². The molecule has 0 radical (unpaired) electrons. The first-order chi connectivity index (χ1) is 8.45. The van der Waals surface area contributed by atoms with Crippen LogP contribution in [-0.2, 0) is 14.3 Å². The van der Waals surface area contributed by atoms with Crippen molar-refractivity contribution in [2.24, 2.45) is 0 Å². The summed E-state index contributed by atoms with van der Waals surface area (Å²) in [6.45, 7) is 7.31. The number of rotatable bonds is 7. The molecule has 18 heavy (non-hydrogen) atoms. The van der Waals surface area contributed by atoms with Crippen LogP contribution in [0.4, 0.5) is 0 Å². The minimum atomic E-state index is -3.64. The standard InChI is InChI=1S/C14H20O3S/c1-4-5-6-7-13(3)17-18(15,16)14-10-8-12(2)9-11-14/h4,8-11,13H,1,5-7H2,2-3H3/t13-/m1/s1. The zero-order valence-corrected chi connectivity index (χ0v) is 11.7. The Kier molecular flexibility index (Phi) is 5.56. The predicted molar refractivity (Wildman–Crippen MR) is 73.0 cm³/mol. The molecule has 1 aromatic rings. The SMILES string of the molecule is C=CCCC[C@@H](C)OS(=O)(=O)c1ccc(C)cc1. The Hall–Kier alpha value is -1.13. The number of hydrogen-bond donors (Lipinski definition) is 0. The third kappa shape index (κ3) is 4.63. The summed E-state index contributed by atoms with van der Waals surface area (Å²) in [4.78, 5) is 0.212. The van der Waals surface area contributed by atoms with Gasteiger partial charge in [0.2, 0.25) is 0 Å². The minimum absolute atomic E-state index is 0.212. The molecule has 0 heterocycles. The van der Waals surface area contributed by atoms with Gasteiger partial charge < -0.3 is 0 Å². The average Bonchev–Trinajstić information content (AvgIpc) is 2.29. The Balaban J connectivity index is 2.64. The molecule has 1 rings (SSSR count). The van der Waals surface area contributed by atoms with Gasteiger partial charge in [-0.05, 0) is 45.2 Å². The molecule has 0 saturated heterocycles. The summed E-state index contributed by atoms with van der Waals surface area (Å²) in [6.07, 6.45) is 3.97. The maximum Gasteiger partial charge on any atom is 0.297 e. The van der Waals surface area contributed by atoms with E-state index in [1.807, 2.05) is 13.0 Å². The molecular weight excluding hydrogens is 248 g/mol. The molecule has 0 N–H and O–H groups in total. The van der Waals surface area contributed by atoms with E-state index in [1.54, 1.807) is 31.2 Å². The molecule has 1 atom stereocenters. The van der Waals surface area contributed by atoms with Crippen molar-refractivity contribution in [3.63, 3.8) is 0 Å². The van der Waals surface area contributed by atoms with E-state index in [1.165, 1.54) is 0 Å². The maximum atomic E-state index is 11.9. The van der Waals surface area contributed by atoms with Gasteiger partial charge in [0, 0.05) is 0 Å². The van der Waals surface area contributed by atoms with E-state index < -0.39 is 10.1 Å². The van der Waals surface area contributed by atoms with Gasteiger partial charge in [0.1, 0.15) is 0 Å². The van der Waals surface area contributed by atoms with Crippen LogP contribution in [0.15, 0.2) is 41.8 Å². The lowest BCUT2D eigenvalue weighted by Gasteiger charge is -2.12. The lowest BCUT2D eigenvalue weighted by molar-refractivity contribution is 0.215. The third-order valence-corrected chi connectivity index (χ3v) is 4.05. The fraction of sp³-hybridized carbons (Fsp3) is 0.429. The van der Waals surface area contributed by atoms with Gasteiger partial charge in [-0.2, -0.15) is 8.42 Å². The number of hydrogen-bond acceptors (Lipinski definition) is 3. The lowest BCUT2D eigenvalue weighted by atomic mass is 10.2. The highest BCUT2D eigenvalue weighted by molar-refractivity contribution is 7.86. The molecule has 100 valence electrons. The zero-order chi connectivity index (χ0) is 13.6. The van der Waals surface area contributed by atoms with Crippen LogP contribution in [0.2, 0.25) is 0 Å². The predicted octanol–water partition coefficient (Wildman–Crippen LogP) is 3.45. The van der Waals surface area contributed by atoms with Crippen molar-refractivity contribution in [2.75, 3.05) is 0 Å². The topological polar surface area (TPSA) is 43.4 Å². The number of benzene rings is 1. The minimum Gasteiger partial charge on any atom is -0.263 e. The average molecular weight is 268 g/mol. The smallest absolute Gasteiger partial charge is 0.263 e. The molecule has 0 aliphatic carbocycles. The van der Waals surface area contributed by atoms with E-state index in [2.05, 4.69) is 6.58 Å². The Labute approximate surface area is 110 Å². The summed E-state index contributed by atoms with van der Waals surface area (Å²) >= 11 is 0. The number of unbranched alkanes of at least 4 members (excludes halogenated alkanes) is 1. The molecular formula is C14H20O3S. The largest absolute Gasteiger partial charge is 0.297 e. The summed E-state index contributed by atoms with van der Waals surface area (Å²) in [6, 6.07) is 6.67. The van der Waals surface area contributed by atoms with Gasteiger partial charge in [-0.15, -0.1) is 6.58 Å². The molecule has 0 bridgehead atoms. The van der Waals surface area contributed by atoms with Crippen LogP contribution < -0.4 is 0 Å². The highest BCUT2D eigenvalue weighted by Gasteiger charge is 2.18. The van der Waals surface area contributed by atoms with E-state index in [0.717, 1.165) is 18.4 Å². The summed E-state index contributed by atoms with van der Waals surface area (Å²) in [5, 5.41) is 0. The van der Waals surface area contributed by atoms with Crippen LogP contribution in [-0.4, -0.2) is 14.5 Å². The monoisotopic (exact) mass is 268 g/mol. The van der Waals surface area contributed by atoms with Crippen molar-refractivity contribution in [1.82, 2.24) is 0 Å². The van der Waals surface area contributed by atoms with Crippen LogP contribution in [0.1, 0.15) is 31.7 Å². The van der Waals surface area contributed by atoms with Crippen LogP contribution in [0.3, 0.4) is 0 Å². The van der Waals surface area contributed by atoms with Gasteiger partial charge in [-0.3, -0.25) is 4.18 Å². The van der Waals surface area contributed by atoms with Crippen LogP contribution >= 0.6 is 0 Å². The molecule has 0 aliphatic heterocycles. The molecule has 0 saturated carbocycles. The van der Waals surface area contributed by atoms with E-state index in [4.69, 9.17) is 4.18 Å². The maximum absolute atomic E-state index is 11.9. The summed E-state index contributed by atoms with van der Waals surface area (Å²) in [7, 11) is -3.64. The molecule has 0 amide bonds. The highest BCUT2D eigenvalue weighted by atomic mass is 32.2. The van der Waals surface area contributed by atoms with Gasteiger partial charge in [0.15, 0.2) is 0 Å². The van der Waals surface area contributed by atoms with E-state index in [0.29, 0.717) is 6.42 Å². The quantitative estimate of drug-likeness (QED) is 0.432. The van der Waals surface area contributed by atoms with Crippen LogP contribution in [0, 0.1) is 6.92 Å². The Morgan fingerprint density at radius 3 is 2.50 bits per heavy atom. The zero-order valence-electron chi connectivity index (χ0n) is 10.9. The molecule has 0 aliphatic rings. The summed E-state index contributed by atoms with van der Waals surface area (Å²) in [5.74, 6) is 0. The van der Waals surface area contributed by atoms with Crippen molar-refractivity contribution in [3.05, 3.63) is 42.5 Å². The van der Waals surface area contributed by atoms with E-state index in [9.17, 15) is 8.42 Å². The molecule has 0 fully saturated rings. The molecule has 0 aromatic heterocycles. The molecule has 1 aromatic carbocycles. The van der Waals surface area contributed by atoms with Crippen molar-refractivity contribution in [3.8, 4) is 0 Å². The highest BCUT2D eigenvalue weighted by Crippen LogP contribution is 2.17. The third-order valence-electron chi connectivity index (χ3n) is 2.62. The Morgan fingerprint density at radius 2 is 1.94 bits per heavy atom. The molecule has 3 nitrogen and oxygen atoms in total. The van der Waals surface area contributed by atoms with Crippen molar-refractivity contribution in [1.29, 1.82) is 0 Å². The van der Waals surface area contributed by atoms with Crippen LogP contribution in [0.5, 0.6) is 0 Å².